The van der Waals surface area contributed by atoms with Crippen molar-refractivity contribution in [3.05, 3.63) is 102 Å². The molecule has 0 bridgehead atoms. The topological polar surface area (TPSA) is 85.7 Å². The number of aromatic nitrogens is 3. The number of benzene rings is 2. The van der Waals surface area contributed by atoms with Crippen LogP contribution in [0.2, 0.25) is 0 Å². The molecule has 0 radical (unpaired) electrons. The number of para-hydroxylation sites is 1. The Labute approximate surface area is 178 Å². The third-order valence-corrected chi connectivity index (χ3v) is 5.31. The van der Waals surface area contributed by atoms with Crippen molar-refractivity contribution >= 4 is 34.2 Å². The number of nitriles is 1. The fourth-order valence-electron chi connectivity index (χ4n) is 3.84. The van der Waals surface area contributed by atoms with Crippen molar-refractivity contribution in [1.82, 2.24) is 15.0 Å². The number of imidazole rings is 1. The first kappa shape index (κ1) is 18.5. The van der Waals surface area contributed by atoms with Crippen LogP contribution >= 0.6 is 0 Å². The van der Waals surface area contributed by atoms with E-state index >= 15 is 0 Å². The number of pyridine rings is 1. The minimum atomic E-state index is -0.577. The summed E-state index contributed by atoms with van der Waals surface area (Å²) in [5, 5.41) is 9.65. The van der Waals surface area contributed by atoms with Crippen LogP contribution in [0.1, 0.15) is 17.0 Å². The number of carbonyl (C=O) groups is 1. The minimum Gasteiger partial charge on any atom is -0.337 e. The summed E-state index contributed by atoms with van der Waals surface area (Å²) in [5.41, 5.74) is 5.30. The number of allylic oxidation sites excluding steroid dienone is 2. The summed E-state index contributed by atoms with van der Waals surface area (Å²) in [5.74, 6) is 0.667. The van der Waals surface area contributed by atoms with Gasteiger partial charge in [0, 0.05) is 23.7 Å². The van der Waals surface area contributed by atoms with Gasteiger partial charge >= 0.3 is 0 Å². The zero-order chi connectivity index (χ0) is 21.2. The molecule has 6 heteroatoms. The third-order valence-electron chi connectivity index (χ3n) is 5.31. The van der Waals surface area contributed by atoms with Gasteiger partial charge in [-0.3, -0.25) is 4.98 Å². The van der Waals surface area contributed by atoms with Crippen molar-refractivity contribution in [2.75, 3.05) is 4.90 Å². The van der Waals surface area contributed by atoms with Crippen LogP contribution < -0.4 is 4.90 Å². The van der Waals surface area contributed by atoms with E-state index in [9.17, 15) is 10.1 Å². The Kier molecular flexibility index (Phi) is 4.62. The van der Waals surface area contributed by atoms with Crippen LogP contribution in [0.5, 0.6) is 0 Å². The summed E-state index contributed by atoms with van der Waals surface area (Å²) in [6.07, 6.45) is 8.18. The molecular formula is C25H17N5O. The Balaban J connectivity index is 1.73. The van der Waals surface area contributed by atoms with E-state index in [1.807, 2.05) is 71.8 Å². The number of hydrogen-bond acceptors (Lipinski definition) is 5. The Morgan fingerprint density at radius 3 is 2.65 bits per heavy atom. The lowest BCUT2D eigenvalue weighted by atomic mass is 9.90. The predicted octanol–water partition coefficient (Wildman–Crippen LogP) is 4.34. The first-order valence-electron chi connectivity index (χ1n) is 9.80. The molecule has 0 saturated heterocycles. The fourth-order valence-corrected chi connectivity index (χ4v) is 3.84. The molecule has 6 nitrogen and oxygen atoms in total. The van der Waals surface area contributed by atoms with E-state index in [1.54, 1.807) is 18.5 Å². The number of nitrogens with one attached hydrogen (secondary N) is 1. The fraction of sp³-hybridized carbons (Fsp3) is 0.0400. The second-order valence-electron chi connectivity index (χ2n) is 7.14. The SMILES string of the molecule is N#Cc1ccccc1C1=CC(c2nc3ccncc3[nH]2)=CN(c2ccccc2)C1C=O. The molecule has 1 aliphatic heterocycles. The maximum absolute atomic E-state index is 12.3. The van der Waals surface area contributed by atoms with Gasteiger partial charge in [0.25, 0.3) is 0 Å². The van der Waals surface area contributed by atoms with Crippen LogP contribution in [0.3, 0.4) is 0 Å². The molecule has 5 rings (SSSR count). The summed E-state index contributed by atoms with van der Waals surface area (Å²) in [4.78, 5) is 26.3. The molecule has 3 heterocycles. The van der Waals surface area contributed by atoms with Gasteiger partial charge < -0.3 is 14.7 Å². The van der Waals surface area contributed by atoms with Crippen LogP contribution in [-0.4, -0.2) is 27.3 Å². The van der Waals surface area contributed by atoms with Crippen LogP contribution in [0.4, 0.5) is 5.69 Å². The van der Waals surface area contributed by atoms with E-state index in [-0.39, 0.29) is 0 Å². The summed E-state index contributed by atoms with van der Waals surface area (Å²) in [6, 6.07) is 20.5. The predicted molar refractivity (Wildman–Crippen MR) is 120 cm³/mol. The van der Waals surface area contributed by atoms with Crippen molar-refractivity contribution in [2.24, 2.45) is 0 Å². The van der Waals surface area contributed by atoms with Gasteiger partial charge in [-0.15, -0.1) is 0 Å². The second-order valence-corrected chi connectivity index (χ2v) is 7.14. The highest BCUT2D eigenvalue weighted by atomic mass is 16.1. The van der Waals surface area contributed by atoms with Crippen molar-refractivity contribution in [3.63, 3.8) is 0 Å². The number of aromatic amines is 1. The van der Waals surface area contributed by atoms with Crippen LogP contribution in [0, 0.1) is 11.3 Å². The molecule has 1 atom stereocenters. The molecule has 0 saturated carbocycles. The van der Waals surface area contributed by atoms with Gasteiger partial charge in [-0.05, 0) is 41.5 Å². The molecule has 0 spiro atoms. The first-order valence-corrected chi connectivity index (χ1v) is 9.80. The zero-order valence-corrected chi connectivity index (χ0v) is 16.4. The van der Waals surface area contributed by atoms with Crippen molar-refractivity contribution < 1.29 is 4.79 Å². The highest BCUT2D eigenvalue weighted by Gasteiger charge is 2.29. The number of fused-ring (bicyclic) bond motifs is 1. The van der Waals surface area contributed by atoms with Gasteiger partial charge in [0.2, 0.25) is 0 Å². The highest BCUT2D eigenvalue weighted by Crippen LogP contribution is 2.35. The van der Waals surface area contributed by atoms with Crippen LogP contribution in [0.15, 0.2) is 85.3 Å². The quantitative estimate of drug-likeness (QED) is 0.512. The van der Waals surface area contributed by atoms with Gasteiger partial charge in [0.15, 0.2) is 0 Å². The maximum atomic E-state index is 12.3. The summed E-state index contributed by atoms with van der Waals surface area (Å²) < 4.78 is 0. The molecule has 1 unspecified atom stereocenters. The highest BCUT2D eigenvalue weighted by molar-refractivity contribution is 5.99. The monoisotopic (exact) mass is 403 g/mol. The molecule has 2 aromatic heterocycles. The van der Waals surface area contributed by atoms with Gasteiger partial charge in [-0.25, -0.2) is 4.98 Å². The molecule has 2 aromatic carbocycles. The largest absolute Gasteiger partial charge is 0.337 e. The average molecular weight is 403 g/mol. The smallest absolute Gasteiger partial charge is 0.147 e. The van der Waals surface area contributed by atoms with Gasteiger partial charge in [0.05, 0.1) is 28.9 Å². The van der Waals surface area contributed by atoms with Gasteiger partial charge in [-0.1, -0.05) is 36.4 Å². The summed E-state index contributed by atoms with van der Waals surface area (Å²) in [7, 11) is 0. The molecule has 148 valence electrons. The van der Waals surface area contributed by atoms with Crippen LogP contribution in [0.25, 0.3) is 22.2 Å². The molecule has 1 aliphatic rings. The Bertz CT molecular complexity index is 1340. The molecule has 0 aliphatic carbocycles. The summed E-state index contributed by atoms with van der Waals surface area (Å²) >= 11 is 0. The molecule has 4 aromatic rings. The number of hydrogen-bond donors (Lipinski definition) is 1. The lowest BCUT2D eigenvalue weighted by Crippen LogP contribution is -2.35. The van der Waals surface area contributed by atoms with E-state index in [2.05, 4.69) is 16.0 Å². The molecule has 31 heavy (non-hydrogen) atoms. The average Bonchev–Trinajstić information content (AvgIpc) is 3.28. The number of H-pyrrole nitrogens is 1. The Hall–Kier alpha value is -4.50. The molecule has 0 fully saturated rings. The maximum Gasteiger partial charge on any atom is 0.147 e. The lowest BCUT2D eigenvalue weighted by molar-refractivity contribution is -0.107. The van der Waals surface area contributed by atoms with Gasteiger partial charge in [-0.2, -0.15) is 5.26 Å². The number of rotatable bonds is 4. The standard InChI is InChI=1S/C25H17N5O/c26-13-17-6-4-5-9-20(17)21-12-18(25-28-22-10-11-27-14-23(22)29-25)15-30(24(21)16-31)19-7-2-1-3-8-19/h1-12,14-16,24H,(H,28,29). The third kappa shape index (κ3) is 3.28. The molecular weight excluding hydrogens is 386 g/mol. The number of anilines is 1. The van der Waals surface area contributed by atoms with Crippen molar-refractivity contribution in [3.8, 4) is 6.07 Å². The van der Waals surface area contributed by atoms with Crippen LogP contribution in [-0.2, 0) is 4.79 Å². The lowest BCUT2D eigenvalue weighted by Gasteiger charge is -2.33. The Morgan fingerprint density at radius 1 is 1.06 bits per heavy atom. The minimum absolute atomic E-state index is 0.517. The van der Waals surface area contributed by atoms with E-state index in [0.29, 0.717) is 11.4 Å². The number of nitrogens with zero attached hydrogens (tertiary/aromatic N) is 4. The normalized spacial score (nSPS) is 15.8. The molecule has 0 amide bonds. The number of carbonyl (C=O) groups excluding carboxylic acids is 1. The zero-order valence-electron chi connectivity index (χ0n) is 16.4. The second kappa shape index (κ2) is 7.73. The van der Waals surface area contributed by atoms with Crippen molar-refractivity contribution in [1.29, 1.82) is 5.26 Å². The Morgan fingerprint density at radius 2 is 1.87 bits per heavy atom. The van der Waals surface area contributed by atoms with E-state index in [0.717, 1.165) is 39.7 Å². The van der Waals surface area contributed by atoms with E-state index in [4.69, 9.17) is 4.98 Å². The summed E-state index contributed by atoms with van der Waals surface area (Å²) in [6.45, 7) is 0. The van der Waals surface area contributed by atoms with E-state index in [1.165, 1.54) is 0 Å². The number of aldehydes is 1. The first-order chi connectivity index (χ1) is 15.3. The van der Waals surface area contributed by atoms with Gasteiger partial charge in [0.1, 0.15) is 18.2 Å². The van der Waals surface area contributed by atoms with E-state index < -0.39 is 6.04 Å². The van der Waals surface area contributed by atoms with Crippen molar-refractivity contribution in [2.45, 2.75) is 6.04 Å². The molecule has 1 N–H and O–H groups in total.